The van der Waals surface area contributed by atoms with Gasteiger partial charge in [0.1, 0.15) is 5.69 Å². The zero-order chi connectivity index (χ0) is 13.1. The van der Waals surface area contributed by atoms with E-state index in [2.05, 4.69) is 39.9 Å². The molecule has 5 nitrogen and oxygen atoms in total. The van der Waals surface area contributed by atoms with E-state index in [4.69, 9.17) is 0 Å². The van der Waals surface area contributed by atoms with Crippen LogP contribution in [0.3, 0.4) is 0 Å². The van der Waals surface area contributed by atoms with Crippen molar-refractivity contribution in [1.29, 1.82) is 0 Å². The van der Waals surface area contributed by atoms with E-state index in [9.17, 15) is 10.1 Å². The van der Waals surface area contributed by atoms with Gasteiger partial charge in [0.15, 0.2) is 0 Å². The first-order valence-electron chi connectivity index (χ1n) is 5.92. The minimum Gasteiger partial charge on any atom is -0.379 e. The molecule has 1 aromatic rings. The Bertz CT molecular complexity index is 453. The molecule has 1 unspecified atom stereocenters. The number of benzene rings is 1. The molecule has 6 heteroatoms. The third-order valence-electron chi connectivity index (χ3n) is 3.23. The summed E-state index contributed by atoms with van der Waals surface area (Å²) in [7, 11) is 2.10. The lowest BCUT2D eigenvalue weighted by Gasteiger charge is -2.12. The maximum atomic E-state index is 11.0. The quantitative estimate of drug-likeness (QED) is 0.509. The topological polar surface area (TPSA) is 58.4 Å². The smallest absolute Gasteiger partial charge is 0.293 e. The van der Waals surface area contributed by atoms with Gasteiger partial charge in [-0.1, -0.05) is 0 Å². The van der Waals surface area contributed by atoms with Crippen molar-refractivity contribution in [3.63, 3.8) is 0 Å². The van der Waals surface area contributed by atoms with Crippen LogP contribution in [0.1, 0.15) is 6.42 Å². The van der Waals surface area contributed by atoms with Gasteiger partial charge in [-0.2, -0.15) is 0 Å². The number of anilines is 1. The van der Waals surface area contributed by atoms with E-state index in [0.717, 1.165) is 29.6 Å². The Balaban J connectivity index is 2.02. The van der Waals surface area contributed by atoms with E-state index in [1.165, 1.54) is 0 Å². The summed E-state index contributed by atoms with van der Waals surface area (Å²) in [6, 6.07) is 5.28. The summed E-state index contributed by atoms with van der Waals surface area (Å²) in [5.41, 5.74) is 0.781. The highest BCUT2D eigenvalue weighted by Crippen LogP contribution is 2.27. The first kappa shape index (κ1) is 13.5. The number of nitrogens with one attached hydrogen (secondary N) is 1. The van der Waals surface area contributed by atoms with E-state index < -0.39 is 0 Å². The highest BCUT2D eigenvalue weighted by atomic mass is 127. The summed E-state index contributed by atoms with van der Waals surface area (Å²) < 4.78 is 0.880. The Hall–Kier alpha value is -0.890. The average Bonchev–Trinajstić information content (AvgIpc) is 2.73. The SMILES string of the molecule is CN1CCC(CNc2ccc(I)cc2[N+](=O)[O-])C1. The van der Waals surface area contributed by atoms with Crippen LogP contribution >= 0.6 is 22.6 Å². The minimum absolute atomic E-state index is 0.160. The summed E-state index contributed by atoms with van der Waals surface area (Å²) in [5.74, 6) is 0.578. The fraction of sp³-hybridized carbons (Fsp3) is 0.500. The number of halogens is 1. The van der Waals surface area contributed by atoms with E-state index in [1.807, 2.05) is 6.07 Å². The zero-order valence-corrected chi connectivity index (χ0v) is 12.4. The van der Waals surface area contributed by atoms with Crippen molar-refractivity contribution < 1.29 is 4.92 Å². The van der Waals surface area contributed by atoms with Gasteiger partial charge >= 0.3 is 0 Å². The van der Waals surface area contributed by atoms with Crippen LogP contribution in [0, 0.1) is 19.6 Å². The third-order valence-corrected chi connectivity index (χ3v) is 3.90. The van der Waals surface area contributed by atoms with Crippen molar-refractivity contribution in [1.82, 2.24) is 4.90 Å². The molecule has 98 valence electrons. The van der Waals surface area contributed by atoms with Gasteiger partial charge in [-0.05, 0) is 60.7 Å². The fourth-order valence-electron chi connectivity index (χ4n) is 2.25. The van der Waals surface area contributed by atoms with Gasteiger partial charge in [-0.3, -0.25) is 10.1 Å². The first-order chi connectivity index (χ1) is 8.56. The Kier molecular flexibility index (Phi) is 4.39. The molecule has 1 saturated heterocycles. The third kappa shape index (κ3) is 3.32. The highest BCUT2D eigenvalue weighted by Gasteiger charge is 2.20. The number of nitro groups is 1. The van der Waals surface area contributed by atoms with Crippen LogP contribution in [0.15, 0.2) is 18.2 Å². The predicted octanol–water partition coefficient (Wildman–Crippen LogP) is 2.56. The molecule has 1 fully saturated rings. The second-order valence-electron chi connectivity index (χ2n) is 4.72. The van der Waals surface area contributed by atoms with Gasteiger partial charge in [0.2, 0.25) is 0 Å². The Morgan fingerprint density at radius 2 is 2.39 bits per heavy atom. The molecular weight excluding hydrogens is 345 g/mol. The maximum Gasteiger partial charge on any atom is 0.293 e. The lowest BCUT2D eigenvalue weighted by molar-refractivity contribution is -0.384. The highest BCUT2D eigenvalue weighted by molar-refractivity contribution is 14.1. The molecule has 1 aliphatic rings. The monoisotopic (exact) mass is 361 g/mol. The number of hydrogen-bond acceptors (Lipinski definition) is 4. The number of likely N-dealkylation sites (tertiary alicyclic amines) is 1. The molecule has 1 heterocycles. The van der Waals surface area contributed by atoms with E-state index in [1.54, 1.807) is 12.1 Å². The first-order valence-corrected chi connectivity index (χ1v) is 7.00. The summed E-state index contributed by atoms with van der Waals surface area (Å²) in [4.78, 5) is 12.9. The molecule has 0 spiro atoms. The molecule has 18 heavy (non-hydrogen) atoms. The molecule has 1 atom stereocenters. The lowest BCUT2D eigenvalue weighted by Crippen LogP contribution is -2.19. The Morgan fingerprint density at radius 1 is 1.61 bits per heavy atom. The standard InChI is InChI=1S/C12H16IN3O2/c1-15-5-4-9(8-15)7-14-11-3-2-10(13)6-12(11)16(17)18/h2-3,6,9,14H,4-5,7-8H2,1H3. The van der Waals surface area contributed by atoms with Gasteiger partial charge in [0.05, 0.1) is 4.92 Å². The molecule has 0 saturated carbocycles. The molecule has 0 aromatic heterocycles. The Labute approximate surface area is 120 Å². The summed E-state index contributed by atoms with van der Waals surface area (Å²) in [6.45, 7) is 2.97. The Morgan fingerprint density at radius 3 is 3.00 bits per heavy atom. The van der Waals surface area contributed by atoms with Crippen LogP contribution in [0.4, 0.5) is 11.4 Å². The molecule has 1 N–H and O–H groups in total. The normalized spacial score (nSPS) is 20.0. The van der Waals surface area contributed by atoms with Crippen molar-refractivity contribution >= 4 is 34.0 Å². The molecule has 1 aliphatic heterocycles. The second-order valence-corrected chi connectivity index (χ2v) is 5.96. The molecule has 0 aliphatic carbocycles. The molecule has 0 amide bonds. The number of hydrogen-bond donors (Lipinski definition) is 1. The van der Waals surface area contributed by atoms with E-state index in [0.29, 0.717) is 11.6 Å². The fourth-order valence-corrected chi connectivity index (χ4v) is 2.73. The molecular formula is C12H16IN3O2. The van der Waals surface area contributed by atoms with Crippen molar-refractivity contribution in [2.45, 2.75) is 6.42 Å². The van der Waals surface area contributed by atoms with Crippen LogP contribution in [-0.2, 0) is 0 Å². The van der Waals surface area contributed by atoms with Gasteiger partial charge in [0, 0.05) is 22.7 Å². The molecule has 0 radical (unpaired) electrons. The van der Waals surface area contributed by atoms with Gasteiger partial charge in [-0.15, -0.1) is 0 Å². The van der Waals surface area contributed by atoms with Crippen LogP contribution in [0.5, 0.6) is 0 Å². The van der Waals surface area contributed by atoms with Gasteiger partial charge in [0.25, 0.3) is 5.69 Å². The molecule has 0 bridgehead atoms. The minimum atomic E-state index is -0.328. The number of rotatable bonds is 4. The summed E-state index contributed by atoms with van der Waals surface area (Å²) in [6.07, 6.45) is 1.15. The van der Waals surface area contributed by atoms with Gasteiger partial charge < -0.3 is 10.2 Å². The van der Waals surface area contributed by atoms with Crippen LogP contribution in [-0.4, -0.2) is 36.5 Å². The largest absolute Gasteiger partial charge is 0.379 e. The maximum absolute atomic E-state index is 11.0. The van der Waals surface area contributed by atoms with Crippen molar-refractivity contribution in [2.75, 3.05) is 32.0 Å². The van der Waals surface area contributed by atoms with E-state index >= 15 is 0 Å². The predicted molar refractivity (Wildman–Crippen MR) is 79.9 cm³/mol. The van der Waals surface area contributed by atoms with Crippen LogP contribution in [0.2, 0.25) is 0 Å². The van der Waals surface area contributed by atoms with Crippen molar-refractivity contribution in [3.05, 3.63) is 31.9 Å². The second kappa shape index (κ2) is 5.83. The number of nitro benzene ring substituents is 1. The van der Waals surface area contributed by atoms with Crippen molar-refractivity contribution in [2.24, 2.45) is 5.92 Å². The van der Waals surface area contributed by atoms with Crippen molar-refractivity contribution in [3.8, 4) is 0 Å². The zero-order valence-electron chi connectivity index (χ0n) is 10.2. The summed E-state index contributed by atoms with van der Waals surface area (Å²) in [5, 5.41) is 14.2. The van der Waals surface area contributed by atoms with E-state index in [-0.39, 0.29) is 10.6 Å². The molecule has 2 rings (SSSR count). The van der Waals surface area contributed by atoms with Crippen LogP contribution in [0.25, 0.3) is 0 Å². The summed E-state index contributed by atoms with van der Waals surface area (Å²) >= 11 is 2.09. The van der Waals surface area contributed by atoms with Crippen LogP contribution < -0.4 is 5.32 Å². The van der Waals surface area contributed by atoms with Gasteiger partial charge in [-0.25, -0.2) is 0 Å². The molecule has 1 aromatic carbocycles. The number of nitrogens with zero attached hydrogens (tertiary/aromatic N) is 2. The lowest BCUT2D eigenvalue weighted by atomic mass is 10.1. The average molecular weight is 361 g/mol.